The topological polar surface area (TPSA) is 58.6 Å². The monoisotopic (exact) mass is 282 g/mol. The lowest BCUT2D eigenvalue weighted by atomic mass is 10.3. The smallest absolute Gasteiger partial charge is 0.260 e. The van der Waals surface area contributed by atoms with Gasteiger partial charge in [-0.1, -0.05) is 0 Å². The van der Waals surface area contributed by atoms with Crippen LogP contribution in [0, 0.1) is 5.82 Å². The van der Waals surface area contributed by atoms with Crippen molar-refractivity contribution >= 4 is 11.8 Å². The Morgan fingerprint density at radius 1 is 1.25 bits per heavy atom. The molecule has 0 radical (unpaired) electrons. The van der Waals surface area contributed by atoms with Crippen molar-refractivity contribution in [3.8, 4) is 5.75 Å². The Morgan fingerprint density at radius 3 is 2.45 bits per heavy atom. The molecule has 0 fully saturated rings. The molecule has 0 spiro atoms. The van der Waals surface area contributed by atoms with E-state index >= 15 is 0 Å². The molecule has 0 aliphatic rings. The average molecular weight is 282 g/mol. The van der Waals surface area contributed by atoms with Gasteiger partial charge < -0.3 is 15.0 Å². The fourth-order valence-electron chi connectivity index (χ4n) is 1.57. The van der Waals surface area contributed by atoms with E-state index in [2.05, 4.69) is 5.32 Å². The number of nitrogens with zero attached hydrogens (tertiary/aromatic N) is 1. The van der Waals surface area contributed by atoms with Crippen molar-refractivity contribution in [1.82, 2.24) is 10.2 Å². The third kappa shape index (κ3) is 5.26. The van der Waals surface area contributed by atoms with E-state index in [1.54, 1.807) is 6.92 Å². The number of ether oxygens (including phenoxy) is 1. The molecular weight excluding hydrogens is 263 g/mol. The number of amides is 2. The minimum Gasteiger partial charge on any atom is -0.484 e. The maximum absolute atomic E-state index is 12.7. The van der Waals surface area contributed by atoms with E-state index in [9.17, 15) is 14.0 Å². The Labute approximate surface area is 117 Å². The number of likely N-dealkylation sites (N-methyl/N-ethyl adjacent to an activating group) is 2. The normalized spacial score (nSPS) is 9.95. The quantitative estimate of drug-likeness (QED) is 0.817. The molecule has 0 aliphatic heterocycles. The van der Waals surface area contributed by atoms with Crippen LogP contribution in [-0.2, 0) is 9.59 Å². The lowest BCUT2D eigenvalue weighted by molar-refractivity contribution is -0.137. The van der Waals surface area contributed by atoms with Crippen LogP contribution in [0.5, 0.6) is 5.75 Å². The maximum atomic E-state index is 12.7. The van der Waals surface area contributed by atoms with Gasteiger partial charge in [-0.05, 0) is 38.1 Å². The third-order valence-corrected chi connectivity index (χ3v) is 2.62. The van der Waals surface area contributed by atoms with Gasteiger partial charge in [0.15, 0.2) is 6.61 Å². The summed E-state index contributed by atoms with van der Waals surface area (Å²) in [7, 11) is 0. The van der Waals surface area contributed by atoms with Gasteiger partial charge in [0.1, 0.15) is 11.6 Å². The number of carbonyl (C=O) groups is 2. The molecule has 20 heavy (non-hydrogen) atoms. The summed E-state index contributed by atoms with van der Waals surface area (Å²) < 4.78 is 18.0. The van der Waals surface area contributed by atoms with Gasteiger partial charge in [0, 0.05) is 13.1 Å². The van der Waals surface area contributed by atoms with Crippen molar-refractivity contribution in [3.63, 3.8) is 0 Å². The summed E-state index contributed by atoms with van der Waals surface area (Å²) in [5.74, 6) is -0.448. The summed E-state index contributed by atoms with van der Waals surface area (Å²) in [6.07, 6.45) is 0. The predicted octanol–water partition coefficient (Wildman–Crippen LogP) is 1.19. The highest BCUT2D eigenvalue weighted by molar-refractivity contribution is 5.85. The zero-order valence-corrected chi connectivity index (χ0v) is 11.7. The Morgan fingerprint density at radius 2 is 1.90 bits per heavy atom. The number of hydrogen-bond donors (Lipinski definition) is 1. The summed E-state index contributed by atoms with van der Waals surface area (Å²) in [6, 6.07) is 5.41. The van der Waals surface area contributed by atoms with Gasteiger partial charge in [0.2, 0.25) is 5.91 Å². The molecule has 110 valence electrons. The molecule has 0 heterocycles. The van der Waals surface area contributed by atoms with Crippen LogP contribution in [0.3, 0.4) is 0 Å². The Kier molecular flexibility index (Phi) is 6.49. The number of benzene rings is 1. The molecule has 1 rings (SSSR count). The van der Waals surface area contributed by atoms with Crippen LogP contribution in [0.1, 0.15) is 13.8 Å². The second-order valence-corrected chi connectivity index (χ2v) is 4.10. The highest BCUT2D eigenvalue weighted by Gasteiger charge is 2.15. The van der Waals surface area contributed by atoms with Gasteiger partial charge in [-0.3, -0.25) is 9.59 Å². The van der Waals surface area contributed by atoms with Gasteiger partial charge in [-0.25, -0.2) is 4.39 Å². The summed E-state index contributed by atoms with van der Waals surface area (Å²) in [4.78, 5) is 24.7. The standard InChI is InChI=1S/C14H19FN2O3/c1-3-16-13(18)9-17(4-2)14(19)10-20-12-7-5-11(15)6-8-12/h5-8H,3-4,9-10H2,1-2H3,(H,16,18). The number of nitrogens with one attached hydrogen (secondary N) is 1. The van der Waals surface area contributed by atoms with Crippen molar-refractivity contribution in [2.75, 3.05) is 26.2 Å². The number of rotatable bonds is 7. The SMILES string of the molecule is CCNC(=O)CN(CC)C(=O)COc1ccc(F)cc1. The molecule has 1 aromatic rings. The number of hydrogen-bond acceptors (Lipinski definition) is 3. The van der Waals surface area contributed by atoms with E-state index in [4.69, 9.17) is 4.74 Å². The van der Waals surface area contributed by atoms with Crippen LogP contribution >= 0.6 is 0 Å². The fraction of sp³-hybridized carbons (Fsp3) is 0.429. The molecule has 5 nitrogen and oxygen atoms in total. The van der Waals surface area contributed by atoms with E-state index < -0.39 is 0 Å². The Bertz CT molecular complexity index is 448. The lowest BCUT2D eigenvalue weighted by Gasteiger charge is -2.20. The molecular formula is C14H19FN2O3. The maximum Gasteiger partial charge on any atom is 0.260 e. The van der Waals surface area contributed by atoms with Crippen LogP contribution in [0.15, 0.2) is 24.3 Å². The molecule has 0 aliphatic carbocycles. The van der Waals surface area contributed by atoms with Gasteiger partial charge in [-0.2, -0.15) is 0 Å². The second-order valence-electron chi connectivity index (χ2n) is 4.10. The van der Waals surface area contributed by atoms with Crippen molar-refractivity contribution in [1.29, 1.82) is 0 Å². The van der Waals surface area contributed by atoms with E-state index in [-0.39, 0.29) is 30.8 Å². The largest absolute Gasteiger partial charge is 0.484 e. The first kappa shape index (κ1) is 15.9. The molecule has 2 amide bonds. The van der Waals surface area contributed by atoms with E-state index in [1.165, 1.54) is 29.2 Å². The minimum atomic E-state index is -0.366. The van der Waals surface area contributed by atoms with Gasteiger partial charge >= 0.3 is 0 Å². The highest BCUT2D eigenvalue weighted by atomic mass is 19.1. The van der Waals surface area contributed by atoms with Crippen LogP contribution < -0.4 is 10.1 Å². The average Bonchev–Trinajstić information content (AvgIpc) is 2.44. The fourth-order valence-corrected chi connectivity index (χ4v) is 1.57. The van der Waals surface area contributed by atoms with E-state index in [1.807, 2.05) is 6.92 Å². The summed E-state index contributed by atoms with van der Waals surface area (Å²) in [5, 5.41) is 2.63. The Hall–Kier alpha value is -2.11. The lowest BCUT2D eigenvalue weighted by Crippen LogP contribution is -2.42. The third-order valence-electron chi connectivity index (χ3n) is 2.62. The predicted molar refractivity (Wildman–Crippen MR) is 72.8 cm³/mol. The van der Waals surface area contributed by atoms with Gasteiger partial charge in [-0.15, -0.1) is 0 Å². The van der Waals surface area contributed by atoms with Crippen LogP contribution in [0.25, 0.3) is 0 Å². The van der Waals surface area contributed by atoms with Crippen LogP contribution in [-0.4, -0.2) is 43.0 Å². The molecule has 0 aromatic heterocycles. The van der Waals surface area contributed by atoms with Crippen LogP contribution in [0.4, 0.5) is 4.39 Å². The first-order valence-electron chi connectivity index (χ1n) is 6.49. The molecule has 0 saturated heterocycles. The molecule has 6 heteroatoms. The minimum absolute atomic E-state index is 0.00987. The Balaban J connectivity index is 2.46. The molecule has 0 bridgehead atoms. The highest BCUT2D eigenvalue weighted by Crippen LogP contribution is 2.11. The summed E-state index contributed by atoms with van der Waals surface area (Å²) in [5.41, 5.74) is 0. The molecule has 0 unspecified atom stereocenters. The number of carbonyl (C=O) groups excluding carboxylic acids is 2. The van der Waals surface area contributed by atoms with Crippen molar-refractivity contribution in [2.24, 2.45) is 0 Å². The summed E-state index contributed by atoms with van der Waals surface area (Å²) >= 11 is 0. The first-order valence-corrected chi connectivity index (χ1v) is 6.49. The first-order chi connectivity index (χ1) is 9.56. The van der Waals surface area contributed by atoms with Gasteiger partial charge in [0.25, 0.3) is 5.91 Å². The molecule has 0 saturated carbocycles. The van der Waals surface area contributed by atoms with Crippen molar-refractivity contribution in [3.05, 3.63) is 30.1 Å². The molecule has 1 aromatic carbocycles. The number of halogens is 1. The van der Waals surface area contributed by atoms with Gasteiger partial charge in [0.05, 0.1) is 6.54 Å². The van der Waals surface area contributed by atoms with E-state index in [0.29, 0.717) is 18.8 Å². The zero-order valence-electron chi connectivity index (χ0n) is 11.7. The summed E-state index contributed by atoms with van der Waals surface area (Å²) in [6.45, 7) is 4.37. The zero-order chi connectivity index (χ0) is 15.0. The van der Waals surface area contributed by atoms with Crippen molar-refractivity contribution < 1.29 is 18.7 Å². The molecule has 1 N–H and O–H groups in total. The van der Waals surface area contributed by atoms with Crippen LogP contribution in [0.2, 0.25) is 0 Å². The van der Waals surface area contributed by atoms with E-state index in [0.717, 1.165) is 0 Å². The molecule has 0 atom stereocenters. The van der Waals surface area contributed by atoms with Crippen molar-refractivity contribution in [2.45, 2.75) is 13.8 Å². The second kappa shape index (κ2) is 8.14.